The summed E-state index contributed by atoms with van der Waals surface area (Å²) < 4.78 is 15.9. The smallest absolute Gasteiger partial charge is 0.339 e. The topological polar surface area (TPSA) is 73.9 Å². The van der Waals surface area contributed by atoms with Crippen LogP contribution < -0.4 is 14.8 Å². The number of nitrogens with one attached hydrogen (secondary N) is 1. The van der Waals surface area contributed by atoms with E-state index < -0.39 is 6.10 Å². The van der Waals surface area contributed by atoms with E-state index in [4.69, 9.17) is 14.2 Å². The first-order valence-electron chi connectivity index (χ1n) is 8.34. The maximum atomic E-state index is 12.5. The molecule has 2 aromatic rings. The molecule has 0 saturated carbocycles. The summed E-state index contributed by atoms with van der Waals surface area (Å²) in [5, 5.41) is 2.93. The third-order valence-electron chi connectivity index (χ3n) is 4.43. The molecule has 2 aromatic carbocycles. The third kappa shape index (κ3) is 3.49. The minimum atomic E-state index is -0.557. The molecular formula is C20H21NO5. The number of ether oxygens (including phenoxy) is 3. The summed E-state index contributed by atoms with van der Waals surface area (Å²) in [7, 11) is 3.16. The van der Waals surface area contributed by atoms with Crippen molar-refractivity contribution in [3.05, 3.63) is 59.2 Å². The van der Waals surface area contributed by atoms with Crippen LogP contribution in [0.3, 0.4) is 0 Å². The van der Waals surface area contributed by atoms with Crippen LogP contribution in [0.15, 0.2) is 42.5 Å². The molecule has 2 atom stereocenters. The lowest BCUT2D eigenvalue weighted by atomic mass is 10.0. The van der Waals surface area contributed by atoms with Gasteiger partial charge < -0.3 is 19.5 Å². The van der Waals surface area contributed by atoms with E-state index in [1.165, 1.54) is 0 Å². The summed E-state index contributed by atoms with van der Waals surface area (Å²) in [6.45, 7) is 1.86. The lowest BCUT2D eigenvalue weighted by Gasteiger charge is -2.19. The molecule has 0 fully saturated rings. The molecule has 0 radical (unpaired) electrons. The van der Waals surface area contributed by atoms with Gasteiger partial charge in [-0.1, -0.05) is 18.2 Å². The maximum Gasteiger partial charge on any atom is 0.339 e. The van der Waals surface area contributed by atoms with Gasteiger partial charge >= 0.3 is 5.97 Å². The Morgan fingerprint density at radius 3 is 2.69 bits per heavy atom. The van der Waals surface area contributed by atoms with Gasteiger partial charge in [0, 0.05) is 11.1 Å². The fourth-order valence-electron chi connectivity index (χ4n) is 3.10. The largest absolute Gasteiger partial charge is 0.497 e. The van der Waals surface area contributed by atoms with Crippen LogP contribution in [-0.2, 0) is 9.53 Å². The Hall–Kier alpha value is -3.02. The fraction of sp³-hybridized carbons (Fsp3) is 0.300. The predicted molar refractivity (Wildman–Crippen MR) is 95.3 cm³/mol. The van der Waals surface area contributed by atoms with E-state index in [-0.39, 0.29) is 24.3 Å². The summed E-state index contributed by atoms with van der Waals surface area (Å²) in [5.74, 6) is 0.745. The standard InChI is InChI=1S/C20H21NO5/c1-12(16-10-13(24-2)8-9-17(16)25-3)21-19(22)11-18-14-6-4-5-7-15(14)20(23)26-18/h4-10,12,18H,11H2,1-3H3,(H,21,22)/t12-,18+/m0/s1. The summed E-state index contributed by atoms with van der Waals surface area (Å²) in [4.78, 5) is 24.3. The molecule has 1 N–H and O–H groups in total. The number of rotatable bonds is 6. The maximum absolute atomic E-state index is 12.5. The highest BCUT2D eigenvalue weighted by atomic mass is 16.5. The molecule has 1 aliphatic rings. The van der Waals surface area contributed by atoms with E-state index in [0.29, 0.717) is 17.1 Å². The van der Waals surface area contributed by atoms with E-state index >= 15 is 0 Å². The van der Waals surface area contributed by atoms with Crippen molar-refractivity contribution in [2.24, 2.45) is 0 Å². The van der Waals surface area contributed by atoms with Crippen molar-refractivity contribution < 1.29 is 23.8 Å². The second kappa shape index (κ2) is 7.47. The van der Waals surface area contributed by atoms with Crippen LogP contribution in [0.5, 0.6) is 11.5 Å². The molecule has 6 nitrogen and oxygen atoms in total. The van der Waals surface area contributed by atoms with Crippen molar-refractivity contribution >= 4 is 11.9 Å². The van der Waals surface area contributed by atoms with Gasteiger partial charge in [-0.25, -0.2) is 4.79 Å². The molecule has 0 spiro atoms. The molecule has 0 bridgehead atoms. The predicted octanol–water partition coefficient (Wildman–Crippen LogP) is 3.18. The van der Waals surface area contributed by atoms with Crippen molar-refractivity contribution in [2.45, 2.75) is 25.5 Å². The van der Waals surface area contributed by atoms with E-state index in [2.05, 4.69) is 5.32 Å². The highest BCUT2D eigenvalue weighted by Crippen LogP contribution is 2.33. The van der Waals surface area contributed by atoms with Crippen LogP contribution in [0.25, 0.3) is 0 Å². The normalized spacial score (nSPS) is 16.4. The van der Waals surface area contributed by atoms with Crippen molar-refractivity contribution in [1.82, 2.24) is 5.32 Å². The number of amides is 1. The van der Waals surface area contributed by atoms with E-state index in [1.807, 2.05) is 25.1 Å². The number of hydrogen-bond donors (Lipinski definition) is 1. The summed E-state index contributed by atoms with van der Waals surface area (Å²) >= 11 is 0. The molecule has 0 aliphatic carbocycles. The van der Waals surface area contributed by atoms with E-state index in [0.717, 1.165) is 11.1 Å². The number of methoxy groups -OCH3 is 2. The van der Waals surface area contributed by atoms with Gasteiger partial charge in [-0.3, -0.25) is 4.79 Å². The van der Waals surface area contributed by atoms with Gasteiger partial charge in [0.1, 0.15) is 17.6 Å². The summed E-state index contributed by atoms with van der Waals surface area (Å²) in [5.41, 5.74) is 2.08. The quantitative estimate of drug-likeness (QED) is 0.806. The van der Waals surface area contributed by atoms with Gasteiger partial charge in [0.25, 0.3) is 0 Å². The molecule has 136 valence electrons. The third-order valence-corrected chi connectivity index (χ3v) is 4.43. The number of esters is 1. The van der Waals surface area contributed by atoms with E-state index in [9.17, 15) is 9.59 Å². The average molecular weight is 355 g/mol. The Morgan fingerprint density at radius 2 is 1.96 bits per heavy atom. The lowest BCUT2D eigenvalue weighted by Crippen LogP contribution is -2.28. The first kappa shape index (κ1) is 17.8. The second-order valence-electron chi connectivity index (χ2n) is 6.08. The van der Waals surface area contributed by atoms with Gasteiger partial charge in [0.15, 0.2) is 0 Å². The SMILES string of the molecule is COc1ccc(OC)c([C@H](C)NC(=O)C[C@H]2OC(=O)c3ccccc32)c1. The number of carbonyl (C=O) groups excluding carboxylic acids is 2. The van der Waals surface area contributed by atoms with Gasteiger partial charge in [0.05, 0.1) is 32.2 Å². The highest BCUT2D eigenvalue weighted by molar-refractivity contribution is 5.94. The van der Waals surface area contributed by atoms with Crippen LogP contribution in [0.1, 0.15) is 47.0 Å². The number of hydrogen-bond acceptors (Lipinski definition) is 5. The van der Waals surface area contributed by atoms with Gasteiger partial charge in [0.2, 0.25) is 5.91 Å². The van der Waals surface area contributed by atoms with Crippen LogP contribution in [0.4, 0.5) is 0 Å². The highest BCUT2D eigenvalue weighted by Gasteiger charge is 2.32. The van der Waals surface area contributed by atoms with Gasteiger partial charge in [-0.15, -0.1) is 0 Å². The molecule has 26 heavy (non-hydrogen) atoms. The Kier molecular flexibility index (Phi) is 5.11. The van der Waals surface area contributed by atoms with Crippen LogP contribution in [-0.4, -0.2) is 26.1 Å². The van der Waals surface area contributed by atoms with E-state index in [1.54, 1.807) is 38.5 Å². The molecular weight excluding hydrogens is 334 g/mol. The molecule has 6 heteroatoms. The zero-order valence-corrected chi connectivity index (χ0v) is 14.9. The molecule has 1 amide bonds. The first-order chi connectivity index (χ1) is 12.5. The minimum absolute atomic E-state index is 0.0688. The van der Waals surface area contributed by atoms with Crippen LogP contribution >= 0.6 is 0 Å². The zero-order valence-electron chi connectivity index (χ0n) is 14.9. The monoisotopic (exact) mass is 355 g/mol. The molecule has 0 saturated heterocycles. The molecule has 3 rings (SSSR count). The fourth-order valence-corrected chi connectivity index (χ4v) is 3.10. The number of cyclic esters (lactones) is 1. The number of fused-ring (bicyclic) bond motifs is 1. The first-order valence-corrected chi connectivity index (χ1v) is 8.34. The second-order valence-corrected chi connectivity index (χ2v) is 6.08. The number of benzene rings is 2. The zero-order chi connectivity index (χ0) is 18.7. The summed E-state index contributed by atoms with van der Waals surface area (Å²) in [6, 6.07) is 12.3. The average Bonchev–Trinajstić information content (AvgIpc) is 2.97. The van der Waals surface area contributed by atoms with Crippen molar-refractivity contribution in [3.8, 4) is 11.5 Å². The Morgan fingerprint density at radius 1 is 1.19 bits per heavy atom. The molecule has 1 aliphatic heterocycles. The molecule has 0 aromatic heterocycles. The lowest BCUT2D eigenvalue weighted by molar-refractivity contribution is -0.123. The number of carbonyl (C=O) groups is 2. The summed E-state index contributed by atoms with van der Waals surface area (Å²) in [6.07, 6.45) is -0.488. The van der Waals surface area contributed by atoms with Crippen molar-refractivity contribution in [1.29, 1.82) is 0 Å². The van der Waals surface area contributed by atoms with Crippen LogP contribution in [0.2, 0.25) is 0 Å². The molecule has 0 unspecified atom stereocenters. The van der Waals surface area contributed by atoms with Crippen molar-refractivity contribution in [2.75, 3.05) is 14.2 Å². The Balaban J connectivity index is 1.70. The molecule has 1 heterocycles. The van der Waals surface area contributed by atoms with Gasteiger partial charge in [-0.05, 0) is 31.2 Å². The van der Waals surface area contributed by atoms with Gasteiger partial charge in [-0.2, -0.15) is 0 Å². The van der Waals surface area contributed by atoms with Crippen LogP contribution in [0, 0.1) is 0 Å². The minimum Gasteiger partial charge on any atom is -0.497 e. The van der Waals surface area contributed by atoms with Crippen molar-refractivity contribution in [3.63, 3.8) is 0 Å². The Bertz CT molecular complexity index is 833. The Labute approximate surface area is 152 Å².